The maximum atomic E-state index is 13.1. The van der Waals surface area contributed by atoms with E-state index in [0.29, 0.717) is 25.1 Å². The highest BCUT2D eigenvalue weighted by Gasteiger charge is 2.46. The first-order chi connectivity index (χ1) is 11.5. The van der Waals surface area contributed by atoms with Gasteiger partial charge in [-0.1, -0.05) is 13.0 Å². The van der Waals surface area contributed by atoms with Crippen LogP contribution in [-0.4, -0.2) is 47.4 Å². The Balaban J connectivity index is 1.60. The number of urea groups is 1. The molecule has 0 aliphatic carbocycles. The molecule has 0 radical (unpaired) electrons. The van der Waals surface area contributed by atoms with E-state index in [2.05, 4.69) is 16.0 Å². The third kappa shape index (κ3) is 3.17. The van der Waals surface area contributed by atoms with Crippen molar-refractivity contribution < 1.29 is 18.8 Å². The highest BCUT2D eigenvalue weighted by Crippen LogP contribution is 2.23. The van der Waals surface area contributed by atoms with Crippen molar-refractivity contribution in [3.05, 3.63) is 30.1 Å². The van der Waals surface area contributed by atoms with Gasteiger partial charge in [0.05, 0.1) is 6.04 Å². The maximum Gasteiger partial charge on any atom is 0.319 e. The number of amides is 4. The molecule has 3 rings (SSSR count). The molecule has 2 saturated heterocycles. The summed E-state index contributed by atoms with van der Waals surface area (Å²) in [5.74, 6) is -0.744. The Hall–Kier alpha value is -2.64. The summed E-state index contributed by atoms with van der Waals surface area (Å²) in [6.45, 7) is 2.13. The lowest BCUT2D eigenvalue weighted by molar-refractivity contribution is -0.147. The number of benzene rings is 1. The van der Waals surface area contributed by atoms with Crippen molar-refractivity contribution in [2.75, 3.05) is 11.9 Å². The standard InChI is InChI=1S/C16H19FN4O3/c1-2-12-15(23)21-8-11(7-13(21)14(22)20-12)19-16(24)18-10-5-3-4-9(17)6-10/h3-6,11-13H,2,7-8H2,1H3,(H,20,22)(H2,18,19,24)/t11-,12-,13-/m0/s1. The first kappa shape index (κ1) is 16.2. The number of halogens is 1. The van der Waals surface area contributed by atoms with Crippen LogP contribution in [0.5, 0.6) is 0 Å². The van der Waals surface area contributed by atoms with Gasteiger partial charge in [0, 0.05) is 12.2 Å². The Morgan fingerprint density at radius 3 is 2.92 bits per heavy atom. The minimum atomic E-state index is -0.542. The zero-order valence-electron chi connectivity index (χ0n) is 13.2. The van der Waals surface area contributed by atoms with E-state index in [1.807, 2.05) is 6.92 Å². The summed E-state index contributed by atoms with van der Waals surface area (Å²) < 4.78 is 13.1. The van der Waals surface area contributed by atoms with E-state index in [4.69, 9.17) is 0 Å². The van der Waals surface area contributed by atoms with Crippen LogP contribution in [0, 0.1) is 5.82 Å². The fourth-order valence-corrected chi connectivity index (χ4v) is 3.16. The van der Waals surface area contributed by atoms with Crippen molar-refractivity contribution in [3.8, 4) is 0 Å². The van der Waals surface area contributed by atoms with E-state index >= 15 is 0 Å². The Morgan fingerprint density at radius 2 is 2.21 bits per heavy atom. The third-order valence-electron chi connectivity index (χ3n) is 4.33. The second-order valence-electron chi connectivity index (χ2n) is 6.02. The van der Waals surface area contributed by atoms with Gasteiger partial charge in [0.1, 0.15) is 17.9 Å². The van der Waals surface area contributed by atoms with Gasteiger partial charge >= 0.3 is 6.03 Å². The largest absolute Gasteiger partial charge is 0.343 e. The van der Waals surface area contributed by atoms with E-state index in [9.17, 15) is 18.8 Å². The maximum absolute atomic E-state index is 13.1. The summed E-state index contributed by atoms with van der Waals surface area (Å²) in [7, 11) is 0. The molecule has 3 N–H and O–H groups in total. The zero-order valence-corrected chi connectivity index (χ0v) is 13.2. The fourth-order valence-electron chi connectivity index (χ4n) is 3.16. The number of fused-ring (bicyclic) bond motifs is 1. The molecule has 0 saturated carbocycles. The van der Waals surface area contributed by atoms with Crippen LogP contribution in [0.2, 0.25) is 0 Å². The van der Waals surface area contributed by atoms with E-state index < -0.39 is 23.9 Å². The third-order valence-corrected chi connectivity index (χ3v) is 4.33. The quantitative estimate of drug-likeness (QED) is 0.764. The second kappa shape index (κ2) is 6.46. The van der Waals surface area contributed by atoms with Gasteiger partial charge in [-0.2, -0.15) is 0 Å². The fraction of sp³-hybridized carbons (Fsp3) is 0.438. The molecule has 1 aromatic rings. The molecule has 0 aromatic heterocycles. The van der Waals surface area contributed by atoms with Gasteiger partial charge in [0.15, 0.2) is 0 Å². The van der Waals surface area contributed by atoms with Gasteiger partial charge in [0.2, 0.25) is 11.8 Å². The average Bonchev–Trinajstić information content (AvgIpc) is 2.95. The van der Waals surface area contributed by atoms with Gasteiger partial charge in [-0.15, -0.1) is 0 Å². The molecule has 0 unspecified atom stereocenters. The van der Waals surface area contributed by atoms with Crippen molar-refractivity contribution in [3.63, 3.8) is 0 Å². The summed E-state index contributed by atoms with van der Waals surface area (Å²) in [5.41, 5.74) is 0.336. The summed E-state index contributed by atoms with van der Waals surface area (Å²) in [6.07, 6.45) is 0.899. The highest BCUT2D eigenvalue weighted by atomic mass is 19.1. The molecule has 2 aliphatic heterocycles. The number of rotatable bonds is 3. The molecule has 1 aromatic carbocycles. The normalized spacial score (nSPS) is 25.9. The van der Waals surface area contributed by atoms with Gasteiger partial charge in [-0.25, -0.2) is 9.18 Å². The molecule has 4 amide bonds. The molecule has 0 bridgehead atoms. The van der Waals surface area contributed by atoms with Crippen LogP contribution in [-0.2, 0) is 9.59 Å². The highest BCUT2D eigenvalue weighted by molar-refractivity contribution is 5.97. The van der Waals surface area contributed by atoms with E-state index in [1.54, 1.807) is 6.07 Å². The summed E-state index contributed by atoms with van der Waals surface area (Å²) in [5, 5.41) is 7.98. The van der Waals surface area contributed by atoms with Crippen LogP contribution in [0.1, 0.15) is 19.8 Å². The molecule has 3 atom stereocenters. The van der Waals surface area contributed by atoms with Crippen molar-refractivity contribution >= 4 is 23.5 Å². The van der Waals surface area contributed by atoms with Crippen LogP contribution in [0.25, 0.3) is 0 Å². The predicted octanol–water partition coefficient (Wildman–Crippen LogP) is 0.825. The first-order valence-corrected chi connectivity index (χ1v) is 7.92. The minimum absolute atomic E-state index is 0.114. The van der Waals surface area contributed by atoms with Crippen LogP contribution in [0.15, 0.2) is 24.3 Å². The molecular weight excluding hydrogens is 315 g/mol. The number of carbonyl (C=O) groups excluding carboxylic acids is 3. The van der Waals surface area contributed by atoms with E-state index in [0.717, 1.165) is 0 Å². The van der Waals surface area contributed by atoms with Gasteiger partial charge in [0.25, 0.3) is 0 Å². The Morgan fingerprint density at radius 1 is 1.42 bits per heavy atom. The number of hydrogen-bond acceptors (Lipinski definition) is 3. The van der Waals surface area contributed by atoms with E-state index in [1.165, 1.54) is 23.1 Å². The van der Waals surface area contributed by atoms with Crippen molar-refractivity contribution in [1.29, 1.82) is 0 Å². The van der Waals surface area contributed by atoms with Gasteiger partial charge in [-0.05, 0) is 31.0 Å². The number of anilines is 1. The average molecular weight is 334 g/mol. The molecule has 8 heteroatoms. The molecule has 2 fully saturated rings. The van der Waals surface area contributed by atoms with Crippen molar-refractivity contribution in [2.45, 2.75) is 37.9 Å². The van der Waals surface area contributed by atoms with Gasteiger partial charge < -0.3 is 20.9 Å². The van der Waals surface area contributed by atoms with Crippen molar-refractivity contribution in [2.24, 2.45) is 0 Å². The molecular formula is C16H19FN4O3. The number of nitrogens with zero attached hydrogens (tertiary/aromatic N) is 1. The number of nitrogens with one attached hydrogen (secondary N) is 3. The minimum Gasteiger partial charge on any atom is -0.343 e. The summed E-state index contributed by atoms with van der Waals surface area (Å²) >= 11 is 0. The molecule has 128 valence electrons. The number of hydrogen-bond donors (Lipinski definition) is 3. The second-order valence-corrected chi connectivity index (χ2v) is 6.02. The number of carbonyl (C=O) groups is 3. The molecule has 24 heavy (non-hydrogen) atoms. The first-order valence-electron chi connectivity index (χ1n) is 7.92. The Labute approximate surface area is 138 Å². The van der Waals surface area contributed by atoms with Crippen LogP contribution >= 0.6 is 0 Å². The van der Waals surface area contributed by atoms with Crippen LogP contribution < -0.4 is 16.0 Å². The summed E-state index contributed by atoms with van der Waals surface area (Å²) in [6, 6.07) is 3.71. The molecule has 0 spiro atoms. The molecule has 2 heterocycles. The monoisotopic (exact) mass is 334 g/mol. The summed E-state index contributed by atoms with van der Waals surface area (Å²) in [4.78, 5) is 37.9. The Kier molecular flexibility index (Phi) is 4.37. The molecule has 7 nitrogen and oxygen atoms in total. The van der Waals surface area contributed by atoms with E-state index in [-0.39, 0.29) is 17.9 Å². The lowest BCUT2D eigenvalue weighted by atomic mass is 10.1. The smallest absolute Gasteiger partial charge is 0.319 e. The predicted molar refractivity (Wildman–Crippen MR) is 84.7 cm³/mol. The lowest BCUT2D eigenvalue weighted by Gasteiger charge is -2.33. The topological polar surface area (TPSA) is 90.5 Å². The Bertz CT molecular complexity index is 681. The van der Waals surface area contributed by atoms with Gasteiger partial charge in [-0.3, -0.25) is 9.59 Å². The van der Waals surface area contributed by atoms with Crippen molar-refractivity contribution in [1.82, 2.24) is 15.5 Å². The molecule has 2 aliphatic rings. The lowest BCUT2D eigenvalue weighted by Crippen LogP contribution is -2.60. The number of piperazine rings is 1. The van der Waals surface area contributed by atoms with Crippen LogP contribution in [0.3, 0.4) is 0 Å². The SMILES string of the molecule is CC[C@@H]1NC(=O)[C@@H]2C[C@H](NC(=O)Nc3cccc(F)c3)CN2C1=O. The van der Waals surface area contributed by atoms with Crippen LogP contribution in [0.4, 0.5) is 14.9 Å². The zero-order chi connectivity index (χ0) is 17.3.